The van der Waals surface area contributed by atoms with E-state index < -0.39 is 0 Å². The maximum atomic E-state index is 12.6. The van der Waals surface area contributed by atoms with E-state index in [4.69, 9.17) is 0 Å². The average Bonchev–Trinajstić information content (AvgIpc) is 2.73. The van der Waals surface area contributed by atoms with Gasteiger partial charge in [-0.1, -0.05) is 66.7 Å². The first kappa shape index (κ1) is 21.7. The number of benzene rings is 2. The average molecular weight is 420 g/mol. The number of carbonyl (C=O) groups is 2. The van der Waals surface area contributed by atoms with E-state index in [1.54, 1.807) is 0 Å². The van der Waals surface area contributed by atoms with Crippen molar-refractivity contribution in [2.75, 3.05) is 11.1 Å². The number of nitrogens with one attached hydrogen (secondary N) is 2. The van der Waals surface area contributed by atoms with Gasteiger partial charge in [0.2, 0.25) is 11.8 Å². The molecule has 1 aliphatic heterocycles. The van der Waals surface area contributed by atoms with Gasteiger partial charge in [-0.15, -0.1) is 0 Å². The van der Waals surface area contributed by atoms with Crippen LogP contribution in [0.5, 0.6) is 0 Å². The van der Waals surface area contributed by atoms with Gasteiger partial charge in [-0.25, -0.2) is 0 Å². The third kappa shape index (κ3) is 4.92. The summed E-state index contributed by atoms with van der Waals surface area (Å²) in [6.07, 6.45) is 1.05. The Balaban J connectivity index is 1.77. The second-order valence-corrected chi connectivity index (χ2v) is 8.36. The second-order valence-electron chi connectivity index (χ2n) is 7.37. The molecule has 0 saturated carbocycles. The van der Waals surface area contributed by atoms with E-state index in [0.29, 0.717) is 10.6 Å². The zero-order chi connectivity index (χ0) is 21.7. The van der Waals surface area contributed by atoms with Crippen molar-refractivity contribution < 1.29 is 9.59 Å². The molecule has 2 aromatic rings. The lowest BCUT2D eigenvalue weighted by Crippen LogP contribution is -2.31. The third-order valence-corrected chi connectivity index (χ3v) is 6.20. The minimum absolute atomic E-state index is 0.110. The molecule has 5 nitrogen and oxygen atoms in total. The van der Waals surface area contributed by atoms with Crippen LogP contribution in [0.15, 0.2) is 53.1 Å². The van der Waals surface area contributed by atoms with Crippen LogP contribution in [0.25, 0.3) is 0 Å². The normalized spacial score (nSPS) is 16.1. The Morgan fingerprint density at radius 2 is 1.97 bits per heavy atom. The summed E-state index contributed by atoms with van der Waals surface area (Å²) in [6.45, 7) is 6.01. The fourth-order valence-electron chi connectivity index (χ4n) is 3.53. The fraction of sp³-hybridized carbons (Fsp3) is 0.292. The number of carbonyl (C=O) groups excluding carboxylic acids is 2. The standard InChI is InChI=1S/C24H25N3O2S/c1-4-17-7-5-6-16(3)23(17)26-22(29)14-30-24-20(13-25)19(12-21(28)27-24)18-10-8-15(2)9-11-18/h5-11,19H,4,12,14H2,1-3H3,(H,26,29)(H,27,28)/t19-/m0/s1. The van der Waals surface area contributed by atoms with E-state index in [1.165, 1.54) is 11.8 Å². The van der Waals surface area contributed by atoms with Crippen LogP contribution in [-0.4, -0.2) is 17.6 Å². The molecule has 2 aromatic carbocycles. The van der Waals surface area contributed by atoms with Crippen LogP contribution in [0.4, 0.5) is 5.69 Å². The summed E-state index contributed by atoms with van der Waals surface area (Å²) < 4.78 is 0. The Kier molecular flexibility index (Phi) is 6.96. The number of anilines is 1. The minimum Gasteiger partial charge on any atom is -0.325 e. The minimum atomic E-state index is -0.294. The van der Waals surface area contributed by atoms with E-state index in [9.17, 15) is 14.9 Å². The summed E-state index contributed by atoms with van der Waals surface area (Å²) in [5.74, 6) is -0.494. The molecular weight excluding hydrogens is 394 g/mol. The number of thioether (sulfide) groups is 1. The summed E-state index contributed by atoms with van der Waals surface area (Å²) >= 11 is 1.20. The number of aryl methyl sites for hydroxylation is 3. The molecule has 3 rings (SSSR count). The van der Waals surface area contributed by atoms with Crippen molar-refractivity contribution in [3.63, 3.8) is 0 Å². The van der Waals surface area contributed by atoms with Gasteiger partial charge in [0.1, 0.15) is 0 Å². The van der Waals surface area contributed by atoms with E-state index >= 15 is 0 Å². The monoisotopic (exact) mass is 419 g/mol. The van der Waals surface area contributed by atoms with Gasteiger partial charge in [0.05, 0.1) is 22.4 Å². The highest BCUT2D eigenvalue weighted by molar-refractivity contribution is 8.03. The van der Waals surface area contributed by atoms with Gasteiger partial charge in [0, 0.05) is 18.0 Å². The van der Waals surface area contributed by atoms with Gasteiger partial charge >= 0.3 is 0 Å². The maximum Gasteiger partial charge on any atom is 0.234 e. The second kappa shape index (κ2) is 9.64. The lowest BCUT2D eigenvalue weighted by molar-refractivity contribution is -0.121. The quantitative estimate of drug-likeness (QED) is 0.718. The first-order valence-corrected chi connectivity index (χ1v) is 10.9. The number of amides is 2. The zero-order valence-corrected chi connectivity index (χ0v) is 18.2. The smallest absolute Gasteiger partial charge is 0.234 e. The molecule has 30 heavy (non-hydrogen) atoms. The van der Waals surface area contributed by atoms with Crippen LogP contribution in [-0.2, 0) is 16.0 Å². The van der Waals surface area contributed by atoms with Crippen LogP contribution in [0.3, 0.4) is 0 Å². The van der Waals surface area contributed by atoms with E-state index in [2.05, 4.69) is 16.7 Å². The molecular formula is C24H25N3O2S. The first-order chi connectivity index (χ1) is 14.4. The Labute approximate surface area is 181 Å². The number of nitrogens with zero attached hydrogens (tertiary/aromatic N) is 1. The van der Waals surface area contributed by atoms with Gasteiger partial charge in [0.15, 0.2) is 0 Å². The van der Waals surface area contributed by atoms with Gasteiger partial charge in [-0.3, -0.25) is 9.59 Å². The van der Waals surface area contributed by atoms with E-state index in [1.807, 2.05) is 63.2 Å². The zero-order valence-electron chi connectivity index (χ0n) is 17.4. The molecule has 1 atom stereocenters. The largest absolute Gasteiger partial charge is 0.325 e. The molecule has 1 heterocycles. The van der Waals surface area contributed by atoms with Gasteiger partial charge in [-0.05, 0) is 37.0 Å². The lowest BCUT2D eigenvalue weighted by atomic mass is 9.87. The summed E-state index contributed by atoms with van der Waals surface area (Å²) in [7, 11) is 0. The van der Waals surface area contributed by atoms with Crippen LogP contribution in [0, 0.1) is 25.2 Å². The lowest BCUT2D eigenvalue weighted by Gasteiger charge is -2.25. The predicted molar refractivity (Wildman–Crippen MR) is 121 cm³/mol. The van der Waals surface area contributed by atoms with Gasteiger partial charge < -0.3 is 10.6 Å². The Hall–Kier alpha value is -3.04. The molecule has 0 spiro atoms. The van der Waals surface area contributed by atoms with Crippen LogP contribution in [0.2, 0.25) is 0 Å². The van der Waals surface area contributed by atoms with Crippen LogP contribution < -0.4 is 10.6 Å². The number of rotatable bonds is 6. The number of hydrogen-bond donors (Lipinski definition) is 2. The number of para-hydroxylation sites is 1. The molecule has 0 radical (unpaired) electrons. The number of hydrogen-bond acceptors (Lipinski definition) is 4. The highest BCUT2D eigenvalue weighted by atomic mass is 32.2. The van der Waals surface area contributed by atoms with Crippen molar-refractivity contribution in [2.45, 2.75) is 39.5 Å². The number of nitriles is 1. The summed E-state index contributed by atoms with van der Waals surface area (Å²) in [5.41, 5.74) is 5.48. The number of allylic oxidation sites excluding steroid dienone is 1. The molecule has 154 valence electrons. The van der Waals surface area contributed by atoms with Crippen LogP contribution in [0.1, 0.15) is 41.5 Å². The molecule has 2 amide bonds. The molecule has 0 unspecified atom stereocenters. The van der Waals surface area contributed by atoms with Crippen molar-refractivity contribution in [1.82, 2.24) is 5.32 Å². The fourth-order valence-corrected chi connectivity index (χ4v) is 4.41. The molecule has 6 heteroatoms. The Morgan fingerprint density at radius 3 is 2.63 bits per heavy atom. The maximum absolute atomic E-state index is 12.6. The van der Waals surface area contributed by atoms with E-state index in [0.717, 1.165) is 34.4 Å². The van der Waals surface area contributed by atoms with Gasteiger partial charge in [-0.2, -0.15) is 5.26 Å². The molecule has 0 aliphatic carbocycles. The highest BCUT2D eigenvalue weighted by Crippen LogP contribution is 2.36. The highest BCUT2D eigenvalue weighted by Gasteiger charge is 2.29. The summed E-state index contributed by atoms with van der Waals surface area (Å²) in [6, 6.07) is 16.1. The van der Waals surface area contributed by atoms with Gasteiger partial charge in [0.25, 0.3) is 0 Å². The molecule has 0 aromatic heterocycles. The molecule has 0 bridgehead atoms. The summed E-state index contributed by atoms with van der Waals surface area (Å²) in [5, 5.41) is 16.0. The predicted octanol–water partition coefficient (Wildman–Crippen LogP) is 4.58. The molecule has 0 saturated heterocycles. The van der Waals surface area contributed by atoms with Crippen molar-refractivity contribution in [1.29, 1.82) is 5.26 Å². The molecule has 0 fully saturated rings. The summed E-state index contributed by atoms with van der Waals surface area (Å²) in [4.78, 5) is 24.9. The van der Waals surface area contributed by atoms with Crippen molar-refractivity contribution in [3.05, 3.63) is 75.3 Å². The molecule has 2 N–H and O–H groups in total. The SMILES string of the molecule is CCc1cccc(C)c1NC(=O)CSC1=C(C#N)[C@H](c2ccc(C)cc2)CC(=O)N1. The van der Waals surface area contributed by atoms with Crippen molar-refractivity contribution in [3.8, 4) is 6.07 Å². The Bertz CT molecular complexity index is 1040. The first-order valence-electron chi connectivity index (χ1n) is 9.94. The Morgan fingerprint density at radius 1 is 1.23 bits per heavy atom. The van der Waals surface area contributed by atoms with Crippen LogP contribution >= 0.6 is 11.8 Å². The van der Waals surface area contributed by atoms with Crippen molar-refractivity contribution in [2.24, 2.45) is 0 Å². The topological polar surface area (TPSA) is 82.0 Å². The molecule has 1 aliphatic rings. The van der Waals surface area contributed by atoms with E-state index in [-0.39, 0.29) is 29.9 Å². The third-order valence-electron chi connectivity index (χ3n) is 5.19. The van der Waals surface area contributed by atoms with Crippen molar-refractivity contribution >= 4 is 29.3 Å².